The first-order valence-corrected chi connectivity index (χ1v) is 21.3. The summed E-state index contributed by atoms with van der Waals surface area (Å²) in [6, 6.07) is 86.2. The summed E-state index contributed by atoms with van der Waals surface area (Å²) in [4.78, 5) is 2.47. The van der Waals surface area contributed by atoms with E-state index in [-0.39, 0.29) is 0 Å². The van der Waals surface area contributed by atoms with Gasteiger partial charge in [-0.1, -0.05) is 194 Å². The maximum absolute atomic E-state index is 2.47. The first kappa shape index (κ1) is 35.6. The summed E-state index contributed by atoms with van der Waals surface area (Å²) < 4.78 is 2.60. The Hall–Kier alpha value is -7.52. The van der Waals surface area contributed by atoms with Gasteiger partial charge < -0.3 is 4.90 Å². The van der Waals surface area contributed by atoms with Crippen LogP contribution in [0.2, 0.25) is 0 Å². The molecular formula is C58H39NS. The Labute approximate surface area is 354 Å². The van der Waals surface area contributed by atoms with Crippen molar-refractivity contribution >= 4 is 59.3 Å². The van der Waals surface area contributed by atoms with E-state index in [0.717, 1.165) is 22.6 Å². The first-order valence-electron chi connectivity index (χ1n) is 20.5. The van der Waals surface area contributed by atoms with Crippen LogP contribution in [0.15, 0.2) is 237 Å². The molecule has 10 aromatic carbocycles. The van der Waals surface area contributed by atoms with Gasteiger partial charge in [0.25, 0.3) is 0 Å². The minimum atomic E-state index is 1.09. The Bertz CT molecular complexity index is 3310. The Morgan fingerprint density at radius 3 is 1.48 bits per heavy atom. The molecule has 0 saturated heterocycles. The van der Waals surface area contributed by atoms with E-state index >= 15 is 0 Å². The molecule has 60 heavy (non-hydrogen) atoms. The molecule has 0 bridgehead atoms. The molecule has 1 aromatic heterocycles. The van der Waals surface area contributed by atoms with Crippen molar-refractivity contribution in [2.24, 2.45) is 0 Å². The molecule has 2 heteroatoms. The van der Waals surface area contributed by atoms with E-state index in [1.54, 1.807) is 0 Å². The van der Waals surface area contributed by atoms with Crippen LogP contribution in [-0.4, -0.2) is 0 Å². The van der Waals surface area contributed by atoms with Crippen molar-refractivity contribution in [3.05, 3.63) is 237 Å². The van der Waals surface area contributed by atoms with Gasteiger partial charge >= 0.3 is 0 Å². The Morgan fingerprint density at radius 2 is 0.767 bits per heavy atom. The molecule has 0 N–H and O–H groups in total. The highest BCUT2D eigenvalue weighted by molar-refractivity contribution is 7.25. The topological polar surface area (TPSA) is 3.24 Å². The minimum Gasteiger partial charge on any atom is -0.309 e. The summed E-state index contributed by atoms with van der Waals surface area (Å²) in [5.41, 5.74) is 15.3. The largest absolute Gasteiger partial charge is 0.309 e. The van der Waals surface area contributed by atoms with Crippen LogP contribution in [0.5, 0.6) is 0 Å². The molecular weight excluding hydrogens is 743 g/mol. The van der Waals surface area contributed by atoms with E-state index in [9.17, 15) is 0 Å². The summed E-state index contributed by atoms with van der Waals surface area (Å²) in [6.07, 6.45) is 0. The highest BCUT2D eigenvalue weighted by atomic mass is 32.1. The molecule has 0 aliphatic carbocycles. The van der Waals surface area contributed by atoms with Crippen molar-refractivity contribution in [2.45, 2.75) is 0 Å². The molecule has 0 saturated carbocycles. The fourth-order valence-electron chi connectivity index (χ4n) is 8.82. The van der Waals surface area contributed by atoms with Gasteiger partial charge in [-0.25, -0.2) is 0 Å². The molecule has 0 aliphatic heterocycles. The SMILES string of the molecule is c1ccc(-c2ccc(-c3ccc(N(c4ccccc4-c4ccccc4-c4ccc5ccccc5c4)c4ccccc4-c4cccc5sc6ccccc6c45)cc3)cc2)cc1. The normalized spacial score (nSPS) is 11.3. The van der Waals surface area contributed by atoms with Crippen molar-refractivity contribution in [3.8, 4) is 55.6 Å². The van der Waals surface area contributed by atoms with Gasteiger partial charge in [0.05, 0.1) is 11.4 Å². The lowest BCUT2D eigenvalue weighted by atomic mass is 9.91. The first-order chi connectivity index (χ1) is 29.8. The third-order valence-electron chi connectivity index (χ3n) is 11.7. The summed E-state index contributed by atoms with van der Waals surface area (Å²) in [7, 11) is 0. The number of anilines is 3. The molecule has 0 unspecified atom stereocenters. The molecule has 0 aliphatic rings. The molecule has 1 heterocycles. The van der Waals surface area contributed by atoms with Crippen molar-refractivity contribution in [1.82, 2.24) is 0 Å². The van der Waals surface area contributed by atoms with Crippen LogP contribution in [-0.2, 0) is 0 Å². The minimum absolute atomic E-state index is 1.09. The molecule has 282 valence electrons. The van der Waals surface area contributed by atoms with Gasteiger partial charge in [0.15, 0.2) is 0 Å². The molecule has 1 nitrogen and oxygen atoms in total. The standard InChI is InChI=1S/C58H39NS/c1-2-15-40(16-3-1)42-29-31-43(32-30-42)44-35-37-47(38-36-44)59(55-26-12-9-22-51(55)52-24-14-28-57-58(52)53-23-10-13-27-56(53)60-57)54-25-11-8-21-50(54)49-20-7-6-19-48(49)46-34-33-41-17-4-5-18-45(41)39-46/h1-39H. The van der Waals surface area contributed by atoms with Crippen molar-refractivity contribution in [1.29, 1.82) is 0 Å². The Kier molecular flexibility index (Phi) is 9.11. The number of benzene rings is 10. The van der Waals surface area contributed by atoms with E-state index in [4.69, 9.17) is 0 Å². The molecule has 11 rings (SSSR count). The summed E-state index contributed by atoms with van der Waals surface area (Å²) in [6.45, 7) is 0. The van der Waals surface area contributed by atoms with E-state index in [1.165, 1.54) is 81.0 Å². The number of fused-ring (bicyclic) bond motifs is 4. The number of thiophene rings is 1. The average molecular weight is 782 g/mol. The fraction of sp³-hybridized carbons (Fsp3) is 0. The smallest absolute Gasteiger partial charge is 0.0540 e. The highest BCUT2D eigenvalue weighted by Gasteiger charge is 2.23. The van der Waals surface area contributed by atoms with Gasteiger partial charge in [0.1, 0.15) is 0 Å². The monoisotopic (exact) mass is 781 g/mol. The van der Waals surface area contributed by atoms with Crippen molar-refractivity contribution < 1.29 is 0 Å². The van der Waals surface area contributed by atoms with Gasteiger partial charge in [0.2, 0.25) is 0 Å². The van der Waals surface area contributed by atoms with E-state index < -0.39 is 0 Å². The van der Waals surface area contributed by atoms with Gasteiger partial charge in [-0.3, -0.25) is 0 Å². The van der Waals surface area contributed by atoms with Crippen LogP contribution in [0.1, 0.15) is 0 Å². The number of nitrogens with zero attached hydrogens (tertiary/aromatic N) is 1. The lowest BCUT2D eigenvalue weighted by Crippen LogP contribution is -2.12. The molecule has 0 atom stereocenters. The maximum atomic E-state index is 2.47. The van der Waals surface area contributed by atoms with Crippen LogP contribution in [0, 0.1) is 0 Å². The van der Waals surface area contributed by atoms with Crippen LogP contribution < -0.4 is 4.90 Å². The average Bonchev–Trinajstić information content (AvgIpc) is 3.72. The predicted octanol–water partition coefficient (Wildman–Crippen LogP) is 17.0. The second-order valence-electron chi connectivity index (χ2n) is 15.2. The zero-order chi connectivity index (χ0) is 39.8. The van der Waals surface area contributed by atoms with E-state index in [0.29, 0.717) is 0 Å². The van der Waals surface area contributed by atoms with Crippen LogP contribution in [0.3, 0.4) is 0 Å². The van der Waals surface area contributed by atoms with Crippen molar-refractivity contribution in [3.63, 3.8) is 0 Å². The molecule has 0 spiro atoms. The summed E-state index contributed by atoms with van der Waals surface area (Å²) in [5, 5.41) is 5.07. The lowest BCUT2D eigenvalue weighted by molar-refractivity contribution is 1.28. The van der Waals surface area contributed by atoms with Gasteiger partial charge in [-0.2, -0.15) is 0 Å². The Morgan fingerprint density at radius 1 is 0.283 bits per heavy atom. The van der Waals surface area contributed by atoms with Crippen LogP contribution >= 0.6 is 11.3 Å². The molecule has 11 aromatic rings. The summed E-state index contributed by atoms with van der Waals surface area (Å²) in [5.74, 6) is 0. The van der Waals surface area contributed by atoms with Crippen LogP contribution in [0.25, 0.3) is 86.6 Å². The van der Waals surface area contributed by atoms with Gasteiger partial charge in [-0.15, -0.1) is 11.3 Å². The molecule has 0 radical (unpaired) electrons. The zero-order valence-electron chi connectivity index (χ0n) is 32.9. The van der Waals surface area contributed by atoms with Crippen molar-refractivity contribution in [2.75, 3.05) is 4.90 Å². The quantitative estimate of drug-likeness (QED) is 0.148. The number of hydrogen-bond acceptors (Lipinski definition) is 2. The number of hydrogen-bond donors (Lipinski definition) is 0. The summed E-state index contributed by atoms with van der Waals surface area (Å²) >= 11 is 1.86. The van der Waals surface area contributed by atoms with E-state index in [2.05, 4.69) is 241 Å². The predicted molar refractivity (Wildman–Crippen MR) is 259 cm³/mol. The molecule has 0 fully saturated rings. The third-order valence-corrected chi connectivity index (χ3v) is 12.8. The molecule has 0 amide bonds. The maximum Gasteiger partial charge on any atom is 0.0540 e. The van der Waals surface area contributed by atoms with Crippen LogP contribution in [0.4, 0.5) is 17.1 Å². The number of rotatable bonds is 8. The zero-order valence-corrected chi connectivity index (χ0v) is 33.7. The highest BCUT2D eigenvalue weighted by Crippen LogP contribution is 2.49. The number of para-hydroxylation sites is 2. The van der Waals surface area contributed by atoms with E-state index in [1.807, 2.05) is 11.3 Å². The fourth-order valence-corrected chi connectivity index (χ4v) is 9.95. The lowest BCUT2D eigenvalue weighted by Gasteiger charge is -2.30. The second-order valence-corrected chi connectivity index (χ2v) is 16.3. The Balaban J connectivity index is 1.09. The van der Waals surface area contributed by atoms with Gasteiger partial charge in [0, 0.05) is 37.0 Å². The third kappa shape index (κ3) is 6.44. The van der Waals surface area contributed by atoms with Gasteiger partial charge in [-0.05, 0) is 97.7 Å². The second kappa shape index (κ2) is 15.3.